The Hall–Kier alpha value is -0.900. The van der Waals surface area contributed by atoms with E-state index in [-0.39, 0.29) is 0 Å². The maximum absolute atomic E-state index is 6.05. The number of methoxy groups -OCH3 is 1. The summed E-state index contributed by atoms with van der Waals surface area (Å²) in [5.41, 5.74) is 10.1. The fraction of sp³-hybridized carbons (Fsp3) is 0.625. The molecule has 0 bridgehead atoms. The van der Waals surface area contributed by atoms with Crippen LogP contribution in [0.2, 0.25) is 0 Å². The van der Waals surface area contributed by atoms with E-state index in [9.17, 15) is 0 Å². The van der Waals surface area contributed by atoms with Gasteiger partial charge in [0.25, 0.3) is 0 Å². The summed E-state index contributed by atoms with van der Waals surface area (Å²) in [5.74, 6) is 0.657. The van der Waals surface area contributed by atoms with Gasteiger partial charge in [0.05, 0.1) is 6.61 Å². The molecule has 2 atom stereocenters. The number of benzene rings is 1. The Morgan fingerprint density at radius 2 is 2.21 bits per heavy atom. The van der Waals surface area contributed by atoms with Crippen LogP contribution in [-0.2, 0) is 4.74 Å². The quantitative estimate of drug-likeness (QED) is 0.884. The normalized spacial score (nSPS) is 21.8. The molecule has 1 aromatic carbocycles. The van der Waals surface area contributed by atoms with Crippen molar-refractivity contribution in [3.05, 3.63) is 34.9 Å². The average Bonchev–Trinajstić information content (AvgIpc) is 2.83. The number of likely N-dealkylation sites (tertiary alicyclic amines) is 1. The van der Waals surface area contributed by atoms with Crippen molar-refractivity contribution in [3.8, 4) is 0 Å². The molecule has 3 nitrogen and oxygen atoms in total. The monoisotopic (exact) mass is 262 g/mol. The zero-order chi connectivity index (χ0) is 13.8. The molecule has 1 saturated heterocycles. The number of hydrogen-bond donors (Lipinski definition) is 1. The Labute approximate surface area is 116 Å². The topological polar surface area (TPSA) is 38.5 Å². The minimum Gasteiger partial charge on any atom is -0.384 e. The summed E-state index contributed by atoms with van der Waals surface area (Å²) < 4.78 is 5.28. The summed E-state index contributed by atoms with van der Waals surface area (Å²) in [6, 6.07) is 7.01. The third kappa shape index (κ3) is 3.35. The molecule has 0 aliphatic carbocycles. The third-order valence-electron chi connectivity index (χ3n) is 4.18. The van der Waals surface area contributed by atoms with Crippen LogP contribution in [0.3, 0.4) is 0 Å². The number of hydrogen-bond acceptors (Lipinski definition) is 3. The highest BCUT2D eigenvalue weighted by atomic mass is 16.5. The summed E-state index contributed by atoms with van der Waals surface area (Å²) in [6.07, 6.45) is 1.22. The second-order valence-electron chi connectivity index (χ2n) is 5.72. The van der Waals surface area contributed by atoms with E-state index >= 15 is 0 Å². The van der Waals surface area contributed by atoms with Crippen molar-refractivity contribution in [2.75, 3.05) is 33.4 Å². The second kappa shape index (κ2) is 6.51. The van der Waals surface area contributed by atoms with E-state index in [2.05, 4.69) is 36.9 Å². The van der Waals surface area contributed by atoms with Gasteiger partial charge in [0.1, 0.15) is 0 Å². The molecule has 1 heterocycles. The van der Waals surface area contributed by atoms with E-state index in [1.807, 2.05) is 0 Å². The van der Waals surface area contributed by atoms with Crippen molar-refractivity contribution in [3.63, 3.8) is 0 Å². The van der Waals surface area contributed by atoms with Gasteiger partial charge in [-0.15, -0.1) is 0 Å². The van der Waals surface area contributed by atoms with E-state index in [4.69, 9.17) is 10.5 Å². The molecule has 2 unspecified atom stereocenters. The van der Waals surface area contributed by atoms with E-state index in [0.29, 0.717) is 18.5 Å². The first kappa shape index (κ1) is 14.5. The first-order valence-electron chi connectivity index (χ1n) is 7.16. The van der Waals surface area contributed by atoms with Gasteiger partial charge >= 0.3 is 0 Å². The maximum Gasteiger partial charge on any atom is 0.0503 e. The summed E-state index contributed by atoms with van der Waals surface area (Å²) in [4.78, 5) is 2.52. The molecule has 106 valence electrons. The Morgan fingerprint density at radius 3 is 2.89 bits per heavy atom. The third-order valence-corrected chi connectivity index (χ3v) is 4.18. The van der Waals surface area contributed by atoms with Gasteiger partial charge in [0.15, 0.2) is 0 Å². The maximum atomic E-state index is 6.05. The summed E-state index contributed by atoms with van der Waals surface area (Å²) in [7, 11) is 1.79. The number of nitrogens with zero attached hydrogens (tertiary/aromatic N) is 1. The van der Waals surface area contributed by atoms with Crippen LogP contribution in [0, 0.1) is 19.8 Å². The molecule has 1 aromatic rings. The van der Waals surface area contributed by atoms with Crippen LogP contribution in [-0.4, -0.2) is 38.3 Å². The molecule has 19 heavy (non-hydrogen) atoms. The predicted octanol–water partition coefficient (Wildman–Crippen LogP) is 2.27. The van der Waals surface area contributed by atoms with Crippen LogP contribution < -0.4 is 5.73 Å². The average molecular weight is 262 g/mol. The Morgan fingerprint density at radius 1 is 1.42 bits per heavy atom. The minimum absolute atomic E-state index is 0.349. The lowest BCUT2D eigenvalue weighted by atomic mass is 9.98. The lowest BCUT2D eigenvalue weighted by Crippen LogP contribution is -2.33. The zero-order valence-corrected chi connectivity index (χ0v) is 12.4. The molecule has 0 spiro atoms. The van der Waals surface area contributed by atoms with E-state index in [1.165, 1.54) is 23.1 Å². The lowest BCUT2D eigenvalue weighted by Gasteiger charge is -2.28. The molecular formula is C16H26N2O. The molecule has 1 aliphatic rings. The highest BCUT2D eigenvalue weighted by Crippen LogP contribution is 2.29. The Kier molecular flexibility index (Phi) is 4.97. The smallest absolute Gasteiger partial charge is 0.0503 e. The van der Waals surface area contributed by atoms with Crippen LogP contribution in [0.1, 0.15) is 29.2 Å². The molecule has 3 heteroatoms. The zero-order valence-electron chi connectivity index (χ0n) is 12.4. The molecule has 2 N–H and O–H groups in total. The van der Waals surface area contributed by atoms with Crippen LogP contribution in [0.5, 0.6) is 0 Å². The van der Waals surface area contributed by atoms with Crippen LogP contribution >= 0.6 is 0 Å². The largest absolute Gasteiger partial charge is 0.384 e. The number of aryl methyl sites for hydroxylation is 2. The molecule has 2 rings (SSSR count). The van der Waals surface area contributed by atoms with Crippen molar-refractivity contribution in [2.45, 2.75) is 26.3 Å². The molecule has 0 aromatic heterocycles. The van der Waals surface area contributed by atoms with Gasteiger partial charge in [-0.05, 0) is 43.9 Å². The highest BCUT2D eigenvalue weighted by Gasteiger charge is 2.29. The van der Waals surface area contributed by atoms with Gasteiger partial charge in [-0.3, -0.25) is 4.90 Å². The van der Waals surface area contributed by atoms with E-state index < -0.39 is 0 Å². The van der Waals surface area contributed by atoms with Gasteiger partial charge in [-0.1, -0.05) is 23.8 Å². The first-order valence-corrected chi connectivity index (χ1v) is 7.16. The molecule has 1 aliphatic heterocycles. The van der Waals surface area contributed by atoms with Crippen molar-refractivity contribution in [2.24, 2.45) is 11.7 Å². The van der Waals surface area contributed by atoms with Crippen LogP contribution in [0.25, 0.3) is 0 Å². The first-order chi connectivity index (χ1) is 9.15. The van der Waals surface area contributed by atoms with Crippen LogP contribution in [0.15, 0.2) is 18.2 Å². The Bertz CT molecular complexity index is 419. The van der Waals surface area contributed by atoms with Gasteiger partial charge in [0.2, 0.25) is 0 Å². The van der Waals surface area contributed by atoms with Crippen molar-refractivity contribution in [1.82, 2.24) is 4.90 Å². The summed E-state index contributed by atoms with van der Waals surface area (Å²) >= 11 is 0. The highest BCUT2D eigenvalue weighted by molar-refractivity contribution is 5.33. The molecular weight excluding hydrogens is 236 g/mol. The van der Waals surface area contributed by atoms with Crippen molar-refractivity contribution >= 4 is 0 Å². The van der Waals surface area contributed by atoms with E-state index in [0.717, 1.165) is 19.7 Å². The fourth-order valence-corrected chi connectivity index (χ4v) is 3.11. The van der Waals surface area contributed by atoms with E-state index in [1.54, 1.807) is 7.11 Å². The van der Waals surface area contributed by atoms with Gasteiger partial charge in [0, 0.05) is 26.2 Å². The fourth-order valence-electron chi connectivity index (χ4n) is 3.11. The SMILES string of the molecule is COCC1CCN(C(CN)c2cc(C)ccc2C)C1. The molecule has 0 saturated carbocycles. The van der Waals surface area contributed by atoms with Crippen LogP contribution in [0.4, 0.5) is 0 Å². The van der Waals surface area contributed by atoms with Gasteiger partial charge < -0.3 is 10.5 Å². The lowest BCUT2D eigenvalue weighted by molar-refractivity contribution is 0.147. The van der Waals surface area contributed by atoms with Crippen molar-refractivity contribution in [1.29, 1.82) is 0 Å². The minimum atomic E-state index is 0.349. The second-order valence-corrected chi connectivity index (χ2v) is 5.72. The molecule has 1 fully saturated rings. The van der Waals surface area contributed by atoms with Crippen molar-refractivity contribution < 1.29 is 4.74 Å². The standard InChI is InChI=1S/C16H26N2O/c1-12-4-5-13(2)15(8-12)16(9-17)18-7-6-14(10-18)11-19-3/h4-5,8,14,16H,6-7,9-11,17H2,1-3H3. The number of nitrogens with two attached hydrogens (primary N) is 1. The number of ether oxygens (including phenoxy) is 1. The molecule has 0 amide bonds. The number of rotatable bonds is 5. The Balaban J connectivity index is 2.14. The summed E-state index contributed by atoms with van der Waals surface area (Å²) in [5, 5.41) is 0. The predicted molar refractivity (Wildman–Crippen MR) is 79.3 cm³/mol. The summed E-state index contributed by atoms with van der Waals surface area (Å²) in [6.45, 7) is 8.10. The molecule has 0 radical (unpaired) electrons. The van der Waals surface area contributed by atoms with Gasteiger partial charge in [-0.25, -0.2) is 0 Å². The van der Waals surface area contributed by atoms with Gasteiger partial charge in [-0.2, -0.15) is 0 Å².